The van der Waals surface area contributed by atoms with Gasteiger partial charge in [0.2, 0.25) is 0 Å². The molecule has 12 heterocycles. The van der Waals surface area contributed by atoms with Gasteiger partial charge in [-0.15, -0.1) is 0 Å². The van der Waals surface area contributed by atoms with E-state index in [1.807, 2.05) is 76.8 Å². The minimum atomic E-state index is -4.68. The predicted molar refractivity (Wildman–Crippen MR) is 504 cm³/mol. The Kier molecular flexibility index (Phi) is 31.5. The lowest BCUT2D eigenvalue weighted by Gasteiger charge is -2.29. The van der Waals surface area contributed by atoms with Crippen LogP contribution < -0.4 is 72.6 Å². The molecule has 4 N–H and O–H groups in total. The topological polar surface area (TPSA) is 358 Å². The highest BCUT2D eigenvalue weighted by atomic mass is 32.2. The number of amides is 4. The Morgan fingerprint density at radius 1 is 0.380 bits per heavy atom. The van der Waals surface area contributed by atoms with Crippen molar-refractivity contribution in [3.8, 4) is 56.0 Å². The smallest absolute Gasteiger partial charge is 0.433 e. The fraction of sp³-hybridized carbons (Fsp3) is 0.299. The van der Waals surface area contributed by atoms with E-state index < -0.39 is 62.9 Å². The van der Waals surface area contributed by atoms with Crippen LogP contribution in [0.15, 0.2) is 207 Å². The first-order valence-electron chi connectivity index (χ1n) is 43.1. The van der Waals surface area contributed by atoms with Crippen LogP contribution in [0.5, 0.6) is 11.5 Å². The van der Waals surface area contributed by atoms with Crippen LogP contribution in [-0.4, -0.2) is 196 Å². The van der Waals surface area contributed by atoms with E-state index in [1.54, 1.807) is 112 Å². The lowest BCUT2D eigenvalue weighted by atomic mass is 10.0. The number of nitrogens with zero attached hydrogens (tertiary/aromatic N) is 12. The zero-order valence-electron chi connectivity index (χ0n) is 76.6. The molecule has 40 heteroatoms. The van der Waals surface area contributed by atoms with Crippen molar-refractivity contribution in [1.29, 1.82) is 0 Å². The van der Waals surface area contributed by atoms with Gasteiger partial charge in [-0.05, 0) is 171 Å². The predicted octanol–water partition coefficient (Wildman–Crippen LogP) is 13.0. The van der Waals surface area contributed by atoms with Gasteiger partial charge in [0.1, 0.15) is 34.2 Å². The molecule has 0 aliphatic carbocycles. The van der Waals surface area contributed by atoms with Gasteiger partial charge in [-0.3, -0.25) is 53.3 Å². The number of alkyl halides is 6. The molecule has 0 unspecified atom stereocenters. The van der Waals surface area contributed by atoms with E-state index in [-0.39, 0.29) is 61.0 Å². The molecule has 16 rings (SSSR count). The van der Waals surface area contributed by atoms with Gasteiger partial charge in [0.15, 0.2) is 26.4 Å². The summed E-state index contributed by atoms with van der Waals surface area (Å²) < 4.78 is 154. The number of carbonyl (C=O) groups is 4. The number of rotatable bonds is 19. The van der Waals surface area contributed by atoms with Crippen LogP contribution in [0.1, 0.15) is 75.2 Å². The fourth-order valence-electron chi connectivity index (χ4n) is 15.5. The van der Waals surface area contributed by atoms with Crippen molar-refractivity contribution >= 4 is 79.0 Å². The number of pyridine rings is 8. The molecular formula is C97H99F7N16O16S. The number of aryl methyl sites for hydroxylation is 8. The molecule has 4 fully saturated rings. The number of ether oxygens (including phenoxy) is 6. The molecule has 0 saturated carbocycles. The molecule has 4 saturated heterocycles. The number of hydrogen-bond donors (Lipinski definition) is 4. The quantitative estimate of drug-likeness (QED) is 0.0546. The maximum absolute atomic E-state index is 13.7. The van der Waals surface area contributed by atoms with Crippen LogP contribution in [0.3, 0.4) is 0 Å². The average molecular weight is 1910 g/mol. The second-order valence-electron chi connectivity index (χ2n) is 32.5. The minimum Gasteiger partial charge on any atom is -0.496 e. The van der Waals surface area contributed by atoms with Crippen LogP contribution >= 0.6 is 0 Å². The molecule has 0 atom stereocenters. The van der Waals surface area contributed by atoms with Crippen molar-refractivity contribution in [2.24, 2.45) is 28.2 Å². The third-order valence-electron chi connectivity index (χ3n) is 22.9. The van der Waals surface area contributed by atoms with Crippen molar-refractivity contribution in [3.05, 3.63) is 286 Å². The summed E-state index contributed by atoms with van der Waals surface area (Å²) >= 11 is 0. The molecular weight excluding hydrogens is 1810 g/mol. The largest absolute Gasteiger partial charge is 0.496 e. The first-order valence-corrected chi connectivity index (χ1v) is 44.9. The summed E-state index contributed by atoms with van der Waals surface area (Å²) in [5.41, 5.74) is 11.1. The number of anilines is 8. The number of benzene rings is 4. The minimum absolute atomic E-state index is 0.00813. The summed E-state index contributed by atoms with van der Waals surface area (Å²) in [5.74, 6) is -3.20. The average Bonchev–Trinajstić information content (AvgIpc) is 0.794. The van der Waals surface area contributed by atoms with Crippen molar-refractivity contribution in [1.82, 2.24) is 38.2 Å². The van der Waals surface area contributed by atoms with Gasteiger partial charge in [0.25, 0.3) is 45.9 Å². The van der Waals surface area contributed by atoms with Gasteiger partial charge in [-0.2, -0.15) is 26.3 Å². The molecule has 4 aromatic carbocycles. The standard InChI is InChI=1S/C25H25F3N4O4.C24H23F3N4O3.C24H25FN4O4.C24H26N4O5S/c1-15-19(17-11-21(24(34)31(2)14-17)32-6-8-36-9-7-32)12-18(13-29-15)30-23(33)16-4-5-22(35-3)20(10-16)25(26,27)28;1-15-3-4-18(29-22(32)16-5-6-28-21(12-16)24(25,26)27)13-19(15)17-11-20(23(33)30(2)14-17)31-7-9-34-10-8-31;1-15-19(17-10-21(24(31)28(2)14-17)29-6-8-33-9-7-29)12-18(13-26-15)27-23(30)16-4-5-20(25)22(11-16)32-3;1-16-4-5-19(26-23(29)17-6-7-25-22(13-17)34(3,31)32)14-20(16)18-12-21(24(30)27(2)15-18)28-8-10-33-11-9-28/h4-5,10-14H,6-9H2,1-3H3,(H,30,33);3-6,11-14H,7-10H2,1-2H3,(H,29,32);4-5,10-14H,6-9H2,1-3H3,(H,27,30);4-7,12-15H,8-11H2,1-3H3,(H,26,29). The van der Waals surface area contributed by atoms with Crippen molar-refractivity contribution in [3.63, 3.8) is 0 Å². The third kappa shape index (κ3) is 24.5. The fourth-order valence-corrected chi connectivity index (χ4v) is 16.1. The van der Waals surface area contributed by atoms with Crippen LogP contribution in [0.4, 0.5) is 76.2 Å². The molecule has 4 aliphatic rings. The maximum Gasteiger partial charge on any atom is 0.433 e. The Hall–Kier alpha value is -14.7. The van der Waals surface area contributed by atoms with E-state index in [1.165, 1.54) is 71.1 Å². The third-order valence-corrected chi connectivity index (χ3v) is 23.8. The van der Waals surface area contributed by atoms with Crippen molar-refractivity contribution in [2.45, 2.75) is 45.1 Å². The molecule has 32 nitrogen and oxygen atoms in total. The van der Waals surface area contributed by atoms with Crippen molar-refractivity contribution < 1.29 is 86.8 Å². The second-order valence-corrected chi connectivity index (χ2v) is 34.4. The Morgan fingerprint density at radius 3 is 1.07 bits per heavy atom. The van der Waals surface area contributed by atoms with Gasteiger partial charge < -0.3 is 87.6 Å². The summed E-state index contributed by atoms with van der Waals surface area (Å²) in [5, 5.41) is 10.7. The number of carbonyl (C=O) groups excluding carboxylic acids is 4. The first-order chi connectivity index (χ1) is 65.2. The maximum atomic E-state index is 13.7. The molecule has 8 aromatic heterocycles. The highest BCUT2D eigenvalue weighted by molar-refractivity contribution is 7.90. The zero-order chi connectivity index (χ0) is 98.5. The Morgan fingerprint density at radius 2 is 0.708 bits per heavy atom. The summed E-state index contributed by atoms with van der Waals surface area (Å²) in [6.45, 7) is 16.9. The zero-order valence-corrected chi connectivity index (χ0v) is 77.4. The number of hydrogen-bond acceptors (Lipinski definition) is 24. The van der Waals surface area contributed by atoms with E-state index in [4.69, 9.17) is 28.4 Å². The van der Waals surface area contributed by atoms with Gasteiger partial charge in [-0.1, -0.05) is 12.1 Å². The molecule has 0 bridgehead atoms. The highest BCUT2D eigenvalue weighted by Gasteiger charge is 2.36. The van der Waals surface area contributed by atoms with Gasteiger partial charge in [0, 0.05) is 202 Å². The van der Waals surface area contributed by atoms with Crippen LogP contribution in [-0.2, 0) is 69.3 Å². The summed E-state index contributed by atoms with van der Waals surface area (Å²) in [4.78, 5) is 126. The molecule has 12 aromatic rings. The van der Waals surface area contributed by atoms with E-state index in [9.17, 15) is 77.5 Å². The van der Waals surface area contributed by atoms with E-state index >= 15 is 0 Å². The van der Waals surface area contributed by atoms with E-state index in [0.717, 1.165) is 81.9 Å². The number of methoxy groups -OCH3 is 2. The first kappa shape index (κ1) is 99.7. The summed E-state index contributed by atoms with van der Waals surface area (Å²) in [6, 6.07) is 33.2. The lowest BCUT2D eigenvalue weighted by molar-refractivity contribution is -0.141. The SMILES string of the molecule is COc1cc(C(=O)Nc2cnc(C)c(-c3cc(N4CCOCC4)c(=O)n(C)c3)c2)ccc1F.COc1ccc(C(=O)Nc2cnc(C)c(-c3cc(N4CCOCC4)c(=O)n(C)c3)c2)cc1C(F)(F)F.Cc1ccc(NC(=O)c2ccnc(C(F)(F)F)c2)cc1-c1cc(N2CCOCC2)c(=O)n(C)c1.Cc1ccc(NC(=O)c2ccnc(S(C)(=O)=O)c2)cc1-c1cc(N2CCOCC2)c(=O)n(C)c1. The number of halogens is 7. The summed E-state index contributed by atoms with van der Waals surface area (Å²) in [7, 11) is 5.72. The Bertz CT molecular complexity index is 6930. The molecule has 137 heavy (non-hydrogen) atoms. The molecule has 0 radical (unpaired) electrons. The number of morpholine rings is 4. The van der Waals surface area contributed by atoms with Crippen molar-refractivity contribution in [2.75, 3.05) is 167 Å². The van der Waals surface area contributed by atoms with E-state index in [2.05, 4.69) is 41.2 Å². The summed E-state index contributed by atoms with van der Waals surface area (Å²) in [6.07, 6.45) is 3.89. The Balaban J connectivity index is 0.000000154. The van der Waals surface area contributed by atoms with Gasteiger partial charge in [-0.25, -0.2) is 17.8 Å². The van der Waals surface area contributed by atoms with Crippen LogP contribution in [0, 0.1) is 33.5 Å². The second kappa shape index (κ2) is 43.3. The number of nitrogens with one attached hydrogen (secondary N) is 4. The number of aromatic nitrogens is 8. The van der Waals surface area contributed by atoms with E-state index in [0.29, 0.717) is 174 Å². The Labute approximate surface area is 782 Å². The molecule has 4 amide bonds. The van der Waals surface area contributed by atoms with Gasteiger partial charge in [0.05, 0.1) is 96.4 Å². The highest BCUT2D eigenvalue weighted by Crippen LogP contribution is 2.39. The molecule has 4 aliphatic heterocycles. The van der Waals surface area contributed by atoms with Crippen LogP contribution in [0.25, 0.3) is 44.5 Å². The van der Waals surface area contributed by atoms with Gasteiger partial charge >= 0.3 is 12.4 Å². The number of sulfone groups is 1. The lowest BCUT2D eigenvalue weighted by Crippen LogP contribution is -2.40. The normalized spacial score (nSPS) is 14.0. The van der Waals surface area contributed by atoms with Crippen LogP contribution in [0.2, 0.25) is 0 Å². The molecule has 0 spiro atoms. The molecule has 718 valence electrons. The monoisotopic (exact) mass is 1910 g/mol.